The number of hydrogen-bond acceptors (Lipinski definition) is 3. The van der Waals surface area contributed by atoms with Gasteiger partial charge in [0.05, 0.1) is 6.33 Å². The molecule has 1 amide bonds. The fourth-order valence-corrected chi connectivity index (χ4v) is 4.35. The normalized spacial score (nSPS) is 19.4. The van der Waals surface area contributed by atoms with Crippen LogP contribution in [0.25, 0.3) is 0 Å². The molecule has 1 saturated carbocycles. The van der Waals surface area contributed by atoms with Crippen molar-refractivity contribution in [2.75, 3.05) is 5.32 Å². The van der Waals surface area contributed by atoms with E-state index in [1.165, 1.54) is 25.7 Å². The van der Waals surface area contributed by atoms with Crippen molar-refractivity contribution in [3.8, 4) is 5.75 Å². The van der Waals surface area contributed by atoms with Crippen LogP contribution in [0, 0.1) is 11.8 Å². The van der Waals surface area contributed by atoms with Crippen molar-refractivity contribution in [1.82, 2.24) is 9.55 Å². The fraction of sp³-hybridized carbons (Fsp3) is 0.600. The molecular weight excluding hydrogens is 374 g/mol. The first-order chi connectivity index (χ1) is 14.4. The molecule has 3 rings (SSSR count). The van der Waals surface area contributed by atoms with Crippen LogP contribution < -0.4 is 10.1 Å². The second-order valence-electron chi connectivity index (χ2n) is 9.35. The Labute approximate surface area is 181 Å². The van der Waals surface area contributed by atoms with Crippen LogP contribution in [-0.2, 0) is 11.3 Å². The van der Waals surface area contributed by atoms with Gasteiger partial charge in [0.25, 0.3) is 0 Å². The lowest BCUT2D eigenvalue weighted by molar-refractivity contribution is -0.116. The number of anilines is 1. The summed E-state index contributed by atoms with van der Waals surface area (Å²) in [4.78, 5) is 16.2. The Balaban J connectivity index is 1.37. The fourth-order valence-electron chi connectivity index (χ4n) is 4.35. The van der Waals surface area contributed by atoms with Crippen LogP contribution in [-0.4, -0.2) is 21.1 Å². The molecule has 1 aliphatic carbocycles. The number of carbonyl (C=O) groups is 1. The third-order valence-electron chi connectivity index (χ3n) is 6.40. The minimum atomic E-state index is -0.165. The Morgan fingerprint density at radius 2 is 1.87 bits per heavy atom. The molecule has 5 nitrogen and oxygen atoms in total. The van der Waals surface area contributed by atoms with Gasteiger partial charge >= 0.3 is 0 Å². The minimum absolute atomic E-state index is 0.0722. The number of nitrogens with one attached hydrogen (secondary N) is 1. The van der Waals surface area contributed by atoms with E-state index in [2.05, 4.69) is 35.6 Å². The van der Waals surface area contributed by atoms with Crippen molar-refractivity contribution in [1.29, 1.82) is 0 Å². The molecule has 1 aromatic heterocycles. The number of carbonyl (C=O) groups excluding carboxylic acids is 1. The third-order valence-corrected chi connectivity index (χ3v) is 6.40. The Kier molecular flexibility index (Phi) is 7.94. The van der Waals surface area contributed by atoms with Crippen molar-refractivity contribution < 1.29 is 9.53 Å². The highest BCUT2D eigenvalue weighted by molar-refractivity contribution is 5.90. The molecule has 1 aliphatic rings. The quantitative estimate of drug-likeness (QED) is 0.483. The molecular formula is C25H37N3O2. The first-order valence-electron chi connectivity index (χ1n) is 11.5. The summed E-state index contributed by atoms with van der Waals surface area (Å²) in [5.74, 6) is 2.39. The summed E-state index contributed by atoms with van der Waals surface area (Å²) in [6, 6.07) is 7.80. The second-order valence-corrected chi connectivity index (χ2v) is 9.35. The first-order valence-corrected chi connectivity index (χ1v) is 11.5. The lowest BCUT2D eigenvalue weighted by Gasteiger charge is -2.38. The van der Waals surface area contributed by atoms with Gasteiger partial charge in [-0.15, -0.1) is 0 Å². The van der Waals surface area contributed by atoms with Gasteiger partial charge in [-0.05, 0) is 75.6 Å². The maximum atomic E-state index is 12.2. The smallest absolute Gasteiger partial charge is 0.224 e. The third kappa shape index (κ3) is 6.89. The van der Waals surface area contributed by atoms with E-state index in [0.717, 1.165) is 43.2 Å². The highest BCUT2D eigenvalue weighted by Gasteiger charge is 2.34. The van der Waals surface area contributed by atoms with Crippen LogP contribution in [0.1, 0.15) is 72.1 Å². The molecule has 0 unspecified atom stereocenters. The Morgan fingerprint density at radius 1 is 1.13 bits per heavy atom. The van der Waals surface area contributed by atoms with Crippen LogP contribution in [0.5, 0.6) is 5.75 Å². The molecule has 0 spiro atoms. The van der Waals surface area contributed by atoms with Crippen LogP contribution in [0.15, 0.2) is 43.0 Å². The maximum absolute atomic E-state index is 12.2. The number of ether oxygens (including phenoxy) is 1. The number of amides is 1. The Hall–Kier alpha value is -2.30. The molecule has 164 valence electrons. The van der Waals surface area contributed by atoms with Crippen molar-refractivity contribution in [3.63, 3.8) is 0 Å². The Bertz CT molecular complexity index is 760. The van der Waals surface area contributed by atoms with Gasteiger partial charge in [-0.2, -0.15) is 0 Å². The topological polar surface area (TPSA) is 56.1 Å². The zero-order valence-corrected chi connectivity index (χ0v) is 18.8. The second kappa shape index (κ2) is 10.6. The highest BCUT2D eigenvalue weighted by Crippen LogP contribution is 2.37. The van der Waals surface area contributed by atoms with E-state index in [0.29, 0.717) is 12.3 Å². The molecule has 0 radical (unpaired) electrons. The largest absolute Gasteiger partial charge is 0.488 e. The van der Waals surface area contributed by atoms with Gasteiger partial charge in [0.1, 0.15) is 11.4 Å². The average Bonchev–Trinajstić information content (AvgIpc) is 3.23. The number of unbranched alkanes of at least 4 members (excludes halogenated alkanes) is 2. The van der Waals surface area contributed by atoms with Gasteiger partial charge in [-0.3, -0.25) is 4.79 Å². The summed E-state index contributed by atoms with van der Waals surface area (Å²) in [5.41, 5.74) is 0.664. The predicted molar refractivity (Wildman–Crippen MR) is 122 cm³/mol. The van der Waals surface area contributed by atoms with E-state index in [9.17, 15) is 4.79 Å². The summed E-state index contributed by atoms with van der Waals surface area (Å²) in [6.07, 6.45) is 14.2. The lowest BCUT2D eigenvalue weighted by atomic mass is 9.75. The number of imidazole rings is 1. The molecule has 5 heteroatoms. The van der Waals surface area contributed by atoms with E-state index in [4.69, 9.17) is 4.74 Å². The molecule has 0 aliphatic heterocycles. The van der Waals surface area contributed by atoms with Gasteiger partial charge in [0.15, 0.2) is 0 Å². The molecule has 0 bridgehead atoms. The van der Waals surface area contributed by atoms with E-state index in [-0.39, 0.29) is 11.5 Å². The molecule has 1 heterocycles. The van der Waals surface area contributed by atoms with Gasteiger partial charge in [-0.25, -0.2) is 4.98 Å². The van der Waals surface area contributed by atoms with E-state index in [1.54, 1.807) is 6.20 Å². The van der Waals surface area contributed by atoms with Gasteiger partial charge in [0, 0.05) is 31.0 Å². The molecule has 0 atom stereocenters. The summed E-state index contributed by atoms with van der Waals surface area (Å²) < 4.78 is 8.41. The van der Waals surface area contributed by atoms with Crippen LogP contribution in [0.3, 0.4) is 0 Å². The number of rotatable bonds is 10. The zero-order chi connectivity index (χ0) is 21.4. The summed E-state index contributed by atoms with van der Waals surface area (Å²) in [6.45, 7) is 7.71. The van der Waals surface area contributed by atoms with Gasteiger partial charge in [0.2, 0.25) is 5.91 Å². The molecule has 1 aromatic carbocycles. The van der Waals surface area contributed by atoms with Crippen LogP contribution >= 0.6 is 0 Å². The monoisotopic (exact) mass is 411 g/mol. The van der Waals surface area contributed by atoms with Crippen LogP contribution in [0.4, 0.5) is 5.69 Å². The summed E-state index contributed by atoms with van der Waals surface area (Å²) in [5, 5.41) is 2.99. The maximum Gasteiger partial charge on any atom is 0.224 e. The molecule has 0 saturated heterocycles. The number of aryl methyl sites for hydroxylation is 1. The van der Waals surface area contributed by atoms with Gasteiger partial charge in [-0.1, -0.05) is 26.2 Å². The number of benzene rings is 1. The number of hydrogen-bond donors (Lipinski definition) is 1. The van der Waals surface area contributed by atoms with Gasteiger partial charge < -0.3 is 14.6 Å². The zero-order valence-electron chi connectivity index (χ0n) is 18.8. The predicted octanol–water partition coefficient (Wildman–Crippen LogP) is 6.07. The molecule has 30 heavy (non-hydrogen) atoms. The molecule has 2 aromatic rings. The summed E-state index contributed by atoms with van der Waals surface area (Å²) >= 11 is 0. The number of nitrogens with zero attached hydrogens (tertiary/aromatic N) is 2. The highest BCUT2D eigenvalue weighted by atomic mass is 16.5. The molecule has 1 fully saturated rings. The first kappa shape index (κ1) is 22.4. The Morgan fingerprint density at radius 3 is 2.53 bits per heavy atom. The van der Waals surface area contributed by atoms with Crippen molar-refractivity contribution in [2.45, 2.75) is 84.3 Å². The SMILES string of the molecule is CC1CCC(C(C)(C)Oc2ccc(NC(=O)CCCCCn3ccnc3)cc2)CC1. The van der Waals surface area contributed by atoms with Crippen LogP contribution in [0.2, 0.25) is 0 Å². The summed E-state index contributed by atoms with van der Waals surface area (Å²) in [7, 11) is 0. The standard InChI is InChI=1S/C25H37N3O2/c1-20-8-10-21(11-9-20)25(2,3)30-23-14-12-22(13-15-23)27-24(29)7-5-4-6-17-28-18-16-26-19-28/h12-16,18-21H,4-11,17H2,1-3H3,(H,27,29). The van der Waals surface area contributed by atoms with E-state index < -0.39 is 0 Å². The van der Waals surface area contributed by atoms with E-state index in [1.807, 2.05) is 36.8 Å². The van der Waals surface area contributed by atoms with E-state index >= 15 is 0 Å². The lowest BCUT2D eigenvalue weighted by Crippen LogP contribution is -2.39. The minimum Gasteiger partial charge on any atom is -0.488 e. The molecule has 1 N–H and O–H groups in total. The van der Waals surface area contributed by atoms with Crippen molar-refractivity contribution >= 4 is 11.6 Å². The van der Waals surface area contributed by atoms with Crippen molar-refractivity contribution in [2.24, 2.45) is 11.8 Å². The average molecular weight is 412 g/mol. The number of aromatic nitrogens is 2. The van der Waals surface area contributed by atoms with Crippen molar-refractivity contribution in [3.05, 3.63) is 43.0 Å².